The molecule has 0 aliphatic heterocycles. The molecule has 1 rings (SSSR count). The van der Waals surface area contributed by atoms with Crippen LogP contribution in [0.2, 0.25) is 0 Å². The van der Waals surface area contributed by atoms with Gasteiger partial charge in [-0.1, -0.05) is 117 Å². The molecule has 1 aliphatic carbocycles. The van der Waals surface area contributed by atoms with E-state index in [2.05, 4.69) is 13.8 Å². The van der Waals surface area contributed by atoms with Crippen LogP contribution in [0.4, 0.5) is 0 Å². The zero-order valence-electron chi connectivity index (χ0n) is 20.6. The Morgan fingerprint density at radius 2 is 1.07 bits per heavy atom. The van der Waals surface area contributed by atoms with E-state index in [9.17, 15) is 5.11 Å². The molecule has 182 valence electrons. The number of unbranched alkanes of at least 4 members (excludes halogenated alkanes) is 8. The maximum Gasteiger partial charge on any atom is 0.0611 e. The Balaban J connectivity index is 0.000000604. The first kappa shape index (κ1) is 29.8. The Bertz CT molecular complexity index is 355. The molecule has 1 atom stereocenters. The largest absolute Gasteiger partial charge is 0.394 e. The summed E-state index contributed by atoms with van der Waals surface area (Å²) in [5.41, 5.74) is 11.8. The summed E-state index contributed by atoms with van der Waals surface area (Å²) in [5, 5.41) is 18.6. The van der Waals surface area contributed by atoms with E-state index in [1.165, 1.54) is 103 Å². The molecule has 0 bridgehead atoms. The van der Waals surface area contributed by atoms with Crippen molar-refractivity contribution in [2.75, 3.05) is 13.2 Å². The minimum Gasteiger partial charge on any atom is -0.394 e. The number of rotatable bonds is 14. The summed E-state index contributed by atoms with van der Waals surface area (Å²) in [5.74, 6) is 0. The predicted octanol–water partition coefficient (Wildman–Crippen LogP) is 6.21. The Labute approximate surface area is 188 Å². The maximum absolute atomic E-state index is 9.46. The van der Waals surface area contributed by atoms with Gasteiger partial charge in [0, 0.05) is 11.1 Å². The van der Waals surface area contributed by atoms with Crippen LogP contribution < -0.4 is 11.5 Å². The van der Waals surface area contributed by atoms with Gasteiger partial charge in [0.2, 0.25) is 0 Å². The van der Waals surface area contributed by atoms with Crippen molar-refractivity contribution in [3.05, 3.63) is 0 Å². The molecule has 4 heteroatoms. The van der Waals surface area contributed by atoms with Crippen LogP contribution in [0, 0.1) is 0 Å². The molecule has 0 amide bonds. The van der Waals surface area contributed by atoms with Gasteiger partial charge in [0.05, 0.1) is 13.2 Å². The number of aliphatic hydroxyl groups is 2. The number of hydrogen-bond acceptors (Lipinski definition) is 4. The van der Waals surface area contributed by atoms with Crippen molar-refractivity contribution in [3.8, 4) is 0 Å². The molecule has 0 spiro atoms. The third kappa shape index (κ3) is 16.5. The molecule has 1 fully saturated rings. The molecule has 30 heavy (non-hydrogen) atoms. The first-order valence-electron chi connectivity index (χ1n) is 13.2. The average molecular weight is 429 g/mol. The van der Waals surface area contributed by atoms with Gasteiger partial charge in [-0.15, -0.1) is 0 Å². The van der Waals surface area contributed by atoms with Crippen LogP contribution in [-0.2, 0) is 0 Å². The molecule has 0 aromatic rings. The summed E-state index contributed by atoms with van der Waals surface area (Å²) < 4.78 is 0. The Morgan fingerprint density at radius 3 is 1.50 bits per heavy atom. The third-order valence-electron chi connectivity index (χ3n) is 6.79. The minimum atomic E-state index is -0.307. The predicted molar refractivity (Wildman–Crippen MR) is 132 cm³/mol. The van der Waals surface area contributed by atoms with Crippen molar-refractivity contribution in [2.45, 2.75) is 153 Å². The van der Waals surface area contributed by atoms with E-state index in [0.717, 1.165) is 25.7 Å². The zero-order chi connectivity index (χ0) is 22.6. The molecule has 1 unspecified atom stereocenters. The van der Waals surface area contributed by atoms with Gasteiger partial charge in [-0.25, -0.2) is 0 Å². The van der Waals surface area contributed by atoms with Crippen LogP contribution in [0.1, 0.15) is 142 Å². The summed E-state index contributed by atoms with van der Waals surface area (Å²) in [6.07, 6.45) is 24.4. The summed E-state index contributed by atoms with van der Waals surface area (Å²) in [6, 6.07) is 0. The van der Waals surface area contributed by atoms with Crippen LogP contribution >= 0.6 is 0 Å². The van der Waals surface area contributed by atoms with E-state index in [0.29, 0.717) is 0 Å². The standard InChI is InChI=1S/C16H35NO.C10H21NO/c1-3-5-7-9-10-12-14-16(17,15-18)13-11-8-6-4-2;11-10(9-12)7-5-3-1-2-4-6-8-10/h18H,3-15,17H2,1-2H3;12H,1-9,11H2. The second kappa shape index (κ2) is 19.5. The highest BCUT2D eigenvalue weighted by Gasteiger charge is 2.23. The minimum absolute atomic E-state index is 0.147. The first-order chi connectivity index (χ1) is 14.4. The van der Waals surface area contributed by atoms with Gasteiger partial charge in [-0.05, 0) is 25.7 Å². The number of nitrogens with two attached hydrogens (primary N) is 2. The fraction of sp³-hybridized carbons (Fsp3) is 1.00. The van der Waals surface area contributed by atoms with Crippen LogP contribution in [0.25, 0.3) is 0 Å². The molecule has 1 aliphatic rings. The van der Waals surface area contributed by atoms with E-state index in [1.807, 2.05) is 0 Å². The molecule has 0 aromatic heterocycles. The molecular weight excluding hydrogens is 372 g/mol. The quantitative estimate of drug-likeness (QED) is 0.247. The highest BCUT2D eigenvalue weighted by atomic mass is 16.3. The van der Waals surface area contributed by atoms with Crippen LogP contribution in [-0.4, -0.2) is 34.5 Å². The second-order valence-corrected chi connectivity index (χ2v) is 9.99. The fourth-order valence-corrected chi connectivity index (χ4v) is 4.39. The lowest BCUT2D eigenvalue weighted by molar-refractivity contribution is 0.171. The van der Waals surface area contributed by atoms with Crippen molar-refractivity contribution in [2.24, 2.45) is 11.5 Å². The van der Waals surface area contributed by atoms with Crippen molar-refractivity contribution in [1.29, 1.82) is 0 Å². The van der Waals surface area contributed by atoms with E-state index < -0.39 is 0 Å². The summed E-state index contributed by atoms with van der Waals surface area (Å²) >= 11 is 0. The highest BCUT2D eigenvalue weighted by molar-refractivity contribution is 4.84. The lowest BCUT2D eigenvalue weighted by Crippen LogP contribution is -2.43. The van der Waals surface area contributed by atoms with Gasteiger partial charge >= 0.3 is 0 Å². The lowest BCUT2D eigenvalue weighted by Gasteiger charge is -2.27. The summed E-state index contributed by atoms with van der Waals surface area (Å²) in [4.78, 5) is 0. The normalized spacial score (nSPS) is 19.0. The molecule has 1 saturated carbocycles. The molecule has 0 heterocycles. The molecule has 0 saturated heterocycles. The van der Waals surface area contributed by atoms with Crippen molar-refractivity contribution in [3.63, 3.8) is 0 Å². The van der Waals surface area contributed by atoms with Gasteiger partial charge in [0.1, 0.15) is 0 Å². The Morgan fingerprint density at radius 1 is 0.667 bits per heavy atom. The van der Waals surface area contributed by atoms with E-state index >= 15 is 0 Å². The van der Waals surface area contributed by atoms with Crippen LogP contribution in [0.3, 0.4) is 0 Å². The second-order valence-electron chi connectivity index (χ2n) is 9.99. The SMILES string of the molecule is CCCCCCCCC(N)(CO)CCCCCC.NC1(CO)CCCCCCCC1. The van der Waals surface area contributed by atoms with Crippen LogP contribution in [0.5, 0.6) is 0 Å². The third-order valence-corrected chi connectivity index (χ3v) is 6.79. The topological polar surface area (TPSA) is 92.5 Å². The summed E-state index contributed by atoms with van der Waals surface area (Å²) in [7, 11) is 0. The Hall–Kier alpha value is -0.160. The van der Waals surface area contributed by atoms with E-state index in [-0.39, 0.29) is 24.3 Å². The van der Waals surface area contributed by atoms with Crippen LogP contribution in [0.15, 0.2) is 0 Å². The molecule has 0 aromatic carbocycles. The van der Waals surface area contributed by atoms with Gasteiger partial charge in [0.15, 0.2) is 0 Å². The number of hydrogen-bond donors (Lipinski definition) is 4. The average Bonchev–Trinajstić information content (AvgIpc) is 2.86. The maximum atomic E-state index is 9.46. The van der Waals surface area contributed by atoms with Crippen molar-refractivity contribution < 1.29 is 10.2 Å². The van der Waals surface area contributed by atoms with E-state index in [4.69, 9.17) is 16.6 Å². The monoisotopic (exact) mass is 428 g/mol. The molecule has 4 nitrogen and oxygen atoms in total. The first-order valence-corrected chi connectivity index (χ1v) is 13.2. The van der Waals surface area contributed by atoms with Gasteiger partial charge in [-0.3, -0.25) is 0 Å². The molecular formula is C26H56N2O2. The zero-order valence-corrected chi connectivity index (χ0v) is 20.6. The number of aliphatic hydroxyl groups excluding tert-OH is 2. The van der Waals surface area contributed by atoms with Crippen molar-refractivity contribution >= 4 is 0 Å². The van der Waals surface area contributed by atoms with E-state index in [1.54, 1.807) is 0 Å². The lowest BCUT2D eigenvalue weighted by atomic mass is 9.88. The van der Waals surface area contributed by atoms with Gasteiger partial charge in [0.25, 0.3) is 0 Å². The van der Waals surface area contributed by atoms with Crippen molar-refractivity contribution in [1.82, 2.24) is 0 Å². The summed E-state index contributed by atoms with van der Waals surface area (Å²) in [6.45, 7) is 4.77. The molecule has 0 radical (unpaired) electrons. The smallest absolute Gasteiger partial charge is 0.0611 e. The fourth-order valence-electron chi connectivity index (χ4n) is 4.39. The Kier molecular flexibility index (Phi) is 19.4. The highest BCUT2D eigenvalue weighted by Crippen LogP contribution is 2.23. The van der Waals surface area contributed by atoms with Gasteiger partial charge in [-0.2, -0.15) is 0 Å². The molecule has 6 N–H and O–H groups in total. The van der Waals surface area contributed by atoms with Gasteiger partial charge < -0.3 is 21.7 Å².